The van der Waals surface area contributed by atoms with Crippen LogP contribution in [0.15, 0.2) is 46.1 Å². The van der Waals surface area contributed by atoms with Crippen molar-refractivity contribution in [2.75, 3.05) is 6.61 Å². The van der Waals surface area contributed by atoms with Crippen LogP contribution in [0.5, 0.6) is 0 Å². The van der Waals surface area contributed by atoms with Crippen LogP contribution in [0.2, 0.25) is 0 Å². The first kappa shape index (κ1) is 9.42. The number of hydrogen-bond acceptors (Lipinski definition) is 2. The summed E-state index contributed by atoms with van der Waals surface area (Å²) in [6.45, 7) is 0.0418. The largest absolute Gasteiger partial charge is 0.394 e. The molecule has 3 heteroatoms. The van der Waals surface area contributed by atoms with Crippen molar-refractivity contribution in [3.8, 4) is 0 Å². The molecule has 0 aromatic rings. The van der Waals surface area contributed by atoms with E-state index in [2.05, 4.69) is 11.4 Å². The second-order valence-electron chi connectivity index (χ2n) is 5.29. The van der Waals surface area contributed by atoms with Crippen LogP contribution in [0.4, 0.5) is 0 Å². The summed E-state index contributed by atoms with van der Waals surface area (Å²) in [4.78, 5) is 12.1. The summed E-state index contributed by atoms with van der Waals surface area (Å²) in [5.41, 5.74) is 5.52. The van der Waals surface area contributed by atoms with E-state index < -0.39 is 0 Å². The molecule has 0 aromatic heterocycles. The molecule has 0 aromatic carbocycles. The lowest BCUT2D eigenvalue weighted by molar-refractivity contribution is -0.118. The standard InChI is InChI=1S/C14H13NO2/c16-7-14(3-4-14)15-13(17)10-2-1-9-11-5-8(11)6-12(9)10/h1-2,6,16H,3-5,7H2,(H,15,17). The van der Waals surface area contributed by atoms with E-state index in [4.69, 9.17) is 0 Å². The molecule has 17 heavy (non-hydrogen) atoms. The van der Waals surface area contributed by atoms with Gasteiger partial charge in [0, 0.05) is 5.57 Å². The number of fused-ring (bicyclic) bond motifs is 2. The van der Waals surface area contributed by atoms with Crippen LogP contribution in [0.1, 0.15) is 19.3 Å². The van der Waals surface area contributed by atoms with E-state index in [0.29, 0.717) is 0 Å². The topological polar surface area (TPSA) is 49.3 Å². The molecule has 2 N–H and O–H groups in total. The molecule has 0 atom stereocenters. The summed E-state index contributed by atoms with van der Waals surface area (Å²) in [5, 5.41) is 12.2. The van der Waals surface area contributed by atoms with E-state index in [1.807, 2.05) is 12.2 Å². The van der Waals surface area contributed by atoms with Gasteiger partial charge < -0.3 is 10.4 Å². The minimum atomic E-state index is -0.330. The third-order valence-corrected chi connectivity index (χ3v) is 4.05. The molecule has 0 heterocycles. The summed E-state index contributed by atoms with van der Waals surface area (Å²) in [6, 6.07) is 0. The van der Waals surface area contributed by atoms with E-state index in [9.17, 15) is 9.90 Å². The van der Waals surface area contributed by atoms with Gasteiger partial charge in [-0.3, -0.25) is 4.79 Å². The minimum absolute atomic E-state index is 0.0418. The highest BCUT2D eigenvalue weighted by molar-refractivity contribution is 6.02. The van der Waals surface area contributed by atoms with E-state index in [1.54, 1.807) is 0 Å². The zero-order valence-corrected chi connectivity index (χ0v) is 9.42. The second-order valence-corrected chi connectivity index (χ2v) is 5.29. The van der Waals surface area contributed by atoms with Gasteiger partial charge in [-0.1, -0.05) is 6.08 Å². The number of carbonyl (C=O) groups is 1. The summed E-state index contributed by atoms with van der Waals surface area (Å²) in [5.74, 6) is -0.0449. The first-order chi connectivity index (χ1) is 8.22. The number of rotatable bonds is 3. The van der Waals surface area contributed by atoms with Crippen LogP contribution in [0.25, 0.3) is 0 Å². The van der Waals surface area contributed by atoms with Gasteiger partial charge in [-0.05, 0) is 53.7 Å². The maximum absolute atomic E-state index is 12.1. The van der Waals surface area contributed by atoms with E-state index in [1.165, 1.54) is 16.7 Å². The number of carbonyl (C=O) groups excluding carboxylic acids is 1. The number of allylic oxidation sites excluding steroid dienone is 6. The van der Waals surface area contributed by atoms with E-state index in [-0.39, 0.29) is 18.1 Å². The second kappa shape index (κ2) is 2.79. The van der Waals surface area contributed by atoms with E-state index >= 15 is 0 Å². The van der Waals surface area contributed by atoms with E-state index in [0.717, 1.165) is 30.4 Å². The maximum atomic E-state index is 12.1. The van der Waals surface area contributed by atoms with Gasteiger partial charge >= 0.3 is 0 Å². The lowest BCUT2D eigenvalue weighted by Gasteiger charge is -2.14. The molecule has 1 amide bonds. The molecule has 0 unspecified atom stereocenters. The van der Waals surface area contributed by atoms with Crippen molar-refractivity contribution in [1.82, 2.24) is 5.32 Å². The molecule has 3 nitrogen and oxygen atoms in total. The van der Waals surface area contributed by atoms with Crippen LogP contribution in [0.3, 0.4) is 0 Å². The molecule has 0 radical (unpaired) electrons. The molecule has 2 saturated carbocycles. The van der Waals surface area contributed by atoms with Crippen LogP contribution < -0.4 is 5.32 Å². The Morgan fingerprint density at radius 1 is 1.35 bits per heavy atom. The minimum Gasteiger partial charge on any atom is -0.394 e. The van der Waals surface area contributed by atoms with Crippen molar-refractivity contribution in [1.29, 1.82) is 0 Å². The van der Waals surface area contributed by atoms with Gasteiger partial charge in [-0.15, -0.1) is 0 Å². The highest BCUT2D eigenvalue weighted by Crippen LogP contribution is 2.51. The summed E-state index contributed by atoms with van der Waals surface area (Å²) in [6.07, 6.45) is 8.92. The van der Waals surface area contributed by atoms with Crippen molar-refractivity contribution >= 4 is 5.91 Å². The Morgan fingerprint density at radius 3 is 2.88 bits per heavy atom. The molecule has 0 spiro atoms. The Labute approximate surface area is 99.2 Å². The van der Waals surface area contributed by atoms with Crippen LogP contribution in [-0.2, 0) is 4.79 Å². The molecule has 4 aliphatic rings. The van der Waals surface area contributed by atoms with Gasteiger partial charge in [0.25, 0.3) is 5.91 Å². The smallest absolute Gasteiger partial charge is 0.252 e. The maximum Gasteiger partial charge on any atom is 0.252 e. The lowest BCUT2D eigenvalue weighted by atomic mass is 10.1. The SMILES string of the molecule is O=C(NC1(CO)CC1)C1=C2C=C3CC3=C2C=C1. The molecule has 0 saturated heterocycles. The number of aliphatic hydroxyl groups excluding tert-OH is 1. The Hall–Kier alpha value is -1.61. The average Bonchev–Trinajstić information content (AvgIpc) is 3.18. The molecule has 4 rings (SSSR count). The summed E-state index contributed by atoms with van der Waals surface area (Å²) < 4.78 is 0. The number of aliphatic hydroxyl groups is 1. The zero-order chi connectivity index (χ0) is 11.6. The van der Waals surface area contributed by atoms with Crippen LogP contribution >= 0.6 is 0 Å². The van der Waals surface area contributed by atoms with Gasteiger partial charge in [0.05, 0.1) is 12.1 Å². The highest BCUT2D eigenvalue weighted by atomic mass is 16.3. The Balaban J connectivity index is 1.63. The van der Waals surface area contributed by atoms with Crippen LogP contribution in [-0.4, -0.2) is 23.2 Å². The molecular formula is C14H13NO2. The van der Waals surface area contributed by atoms with Gasteiger partial charge in [0.2, 0.25) is 0 Å². The Kier molecular flexibility index (Phi) is 1.55. The van der Waals surface area contributed by atoms with Crippen molar-refractivity contribution in [3.05, 3.63) is 46.1 Å². The fraction of sp³-hybridized carbons (Fsp3) is 0.357. The van der Waals surface area contributed by atoms with Gasteiger partial charge in [-0.2, -0.15) is 0 Å². The van der Waals surface area contributed by atoms with Gasteiger partial charge in [-0.25, -0.2) is 0 Å². The first-order valence-electron chi connectivity index (χ1n) is 6.03. The number of nitrogens with one attached hydrogen (secondary N) is 1. The summed E-state index contributed by atoms with van der Waals surface area (Å²) in [7, 11) is 0. The Morgan fingerprint density at radius 2 is 2.18 bits per heavy atom. The molecule has 0 aliphatic heterocycles. The number of hydrogen-bond donors (Lipinski definition) is 2. The van der Waals surface area contributed by atoms with Crippen LogP contribution in [0, 0.1) is 0 Å². The van der Waals surface area contributed by atoms with Crippen molar-refractivity contribution in [2.24, 2.45) is 0 Å². The molecular weight excluding hydrogens is 214 g/mol. The summed E-state index contributed by atoms with van der Waals surface area (Å²) >= 11 is 0. The third kappa shape index (κ3) is 1.23. The monoisotopic (exact) mass is 227 g/mol. The highest BCUT2D eigenvalue weighted by Gasteiger charge is 2.44. The fourth-order valence-corrected chi connectivity index (χ4v) is 2.62. The van der Waals surface area contributed by atoms with Gasteiger partial charge in [0.15, 0.2) is 0 Å². The third-order valence-electron chi connectivity index (χ3n) is 4.05. The van der Waals surface area contributed by atoms with Gasteiger partial charge in [0.1, 0.15) is 0 Å². The molecule has 86 valence electrons. The normalized spacial score (nSPS) is 25.8. The first-order valence-corrected chi connectivity index (χ1v) is 6.03. The molecule has 2 fully saturated rings. The van der Waals surface area contributed by atoms with Crippen molar-refractivity contribution < 1.29 is 9.90 Å². The van der Waals surface area contributed by atoms with Crippen molar-refractivity contribution in [2.45, 2.75) is 24.8 Å². The average molecular weight is 227 g/mol. The number of amides is 1. The Bertz CT molecular complexity index is 571. The predicted octanol–water partition coefficient (Wildman–Crippen LogP) is 1.13. The lowest BCUT2D eigenvalue weighted by Crippen LogP contribution is -2.40. The quantitative estimate of drug-likeness (QED) is 0.759. The molecule has 4 aliphatic carbocycles. The zero-order valence-electron chi connectivity index (χ0n) is 9.42. The molecule has 0 bridgehead atoms. The van der Waals surface area contributed by atoms with Crippen molar-refractivity contribution in [3.63, 3.8) is 0 Å². The predicted molar refractivity (Wildman–Crippen MR) is 63.1 cm³/mol. The fourth-order valence-electron chi connectivity index (χ4n) is 2.62.